The Labute approximate surface area is 60.9 Å². The zero-order valence-electron chi connectivity index (χ0n) is 6.17. The lowest BCUT2D eigenvalue weighted by molar-refractivity contribution is -0.141. The van der Waals surface area contributed by atoms with Crippen molar-refractivity contribution in [1.29, 1.82) is 0 Å². The molecule has 1 saturated carbocycles. The molecule has 0 bridgehead atoms. The third kappa shape index (κ3) is 1.87. The highest BCUT2D eigenvalue weighted by Gasteiger charge is 2.34. The molecule has 0 amide bonds. The standard InChI is InChI=1S/C8H12O2/c1-3-7-4-8(7)5-10-6(2)9/h3,7-8H,1,4-5H2,2H3. The number of hydrogen-bond donors (Lipinski definition) is 0. The first-order chi connectivity index (χ1) is 4.74. The fourth-order valence-electron chi connectivity index (χ4n) is 0.976. The monoisotopic (exact) mass is 140 g/mol. The first-order valence-electron chi connectivity index (χ1n) is 3.50. The lowest BCUT2D eigenvalue weighted by Crippen LogP contribution is -2.02. The summed E-state index contributed by atoms with van der Waals surface area (Å²) in [4.78, 5) is 10.3. The van der Waals surface area contributed by atoms with Crippen LogP contribution in [-0.2, 0) is 9.53 Å². The predicted octanol–water partition coefficient (Wildman–Crippen LogP) is 1.37. The minimum absolute atomic E-state index is 0.185. The molecule has 2 unspecified atom stereocenters. The van der Waals surface area contributed by atoms with Crippen LogP contribution < -0.4 is 0 Å². The van der Waals surface area contributed by atoms with Crippen molar-refractivity contribution in [3.05, 3.63) is 12.7 Å². The zero-order chi connectivity index (χ0) is 7.56. The van der Waals surface area contributed by atoms with Crippen LogP contribution in [0.1, 0.15) is 13.3 Å². The normalized spacial score (nSPS) is 29.3. The Kier molecular flexibility index (Phi) is 2.10. The molecule has 1 fully saturated rings. The summed E-state index contributed by atoms with van der Waals surface area (Å²) in [5.74, 6) is 0.968. The van der Waals surface area contributed by atoms with Gasteiger partial charge in [-0.25, -0.2) is 0 Å². The topological polar surface area (TPSA) is 26.3 Å². The highest BCUT2D eigenvalue weighted by atomic mass is 16.5. The van der Waals surface area contributed by atoms with Crippen LogP contribution in [0.5, 0.6) is 0 Å². The van der Waals surface area contributed by atoms with Crippen LogP contribution in [0.2, 0.25) is 0 Å². The zero-order valence-corrected chi connectivity index (χ0v) is 6.17. The van der Waals surface area contributed by atoms with Gasteiger partial charge < -0.3 is 4.74 Å². The summed E-state index contributed by atoms with van der Waals surface area (Å²) in [5, 5.41) is 0. The molecule has 2 atom stereocenters. The van der Waals surface area contributed by atoms with E-state index in [9.17, 15) is 4.79 Å². The highest BCUT2D eigenvalue weighted by molar-refractivity contribution is 5.65. The first-order valence-corrected chi connectivity index (χ1v) is 3.50. The molecule has 0 saturated heterocycles. The molecule has 1 aliphatic carbocycles. The second-order valence-corrected chi connectivity index (χ2v) is 2.70. The number of rotatable bonds is 3. The second kappa shape index (κ2) is 2.86. The molecule has 0 aromatic rings. The second-order valence-electron chi connectivity index (χ2n) is 2.70. The number of allylic oxidation sites excluding steroid dienone is 1. The van der Waals surface area contributed by atoms with Gasteiger partial charge in [0.05, 0.1) is 6.61 Å². The van der Waals surface area contributed by atoms with Gasteiger partial charge in [-0.05, 0) is 18.3 Å². The number of carbonyl (C=O) groups is 1. The van der Waals surface area contributed by atoms with Crippen molar-refractivity contribution in [3.63, 3.8) is 0 Å². The van der Waals surface area contributed by atoms with Crippen LogP contribution >= 0.6 is 0 Å². The Balaban J connectivity index is 2.07. The van der Waals surface area contributed by atoms with Crippen molar-refractivity contribution >= 4 is 5.97 Å². The van der Waals surface area contributed by atoms with Crippen LogP contribution in [0.4, 0.5) is 0 Å². The lowest BCUT2D eigenvalue weighted by atomic mass is 10.3. The summed E-state index contributed by atoms with van der Waals surface area (Å²) in [7, 11) is 0. The van der Waals surface area contributed by atoms with Crippen molar-refractivity contribution < 1.29 is 9.53 Å². The van der Waals surface area contributed by atoms with Gasteiger partial charge in [0.15, 0.2) is 0 Å². The third-order valence-electron chi connectivity index (χ3n) is 1.78. The predicted molar refractivity (Wildman–Crippen MR) is 38.4 cm³/mol. The molecule has 2 heteroatoms. The quantitative estimate of drug-likeness (QED) is 0.437. The Hall–Kier alpha value is -0.790. The van der Waals surface area contributed by atoms with E-state index in [1.807, 2.05) is 6.08 Å². The summed E-state index contributed by atoms with van der Waals surface area (Å²) in [6.45, 7) is 5.67. The van der Waals surface area contributed by atoms with Crippen LogP contribution in [0.15, 0.2) is 12.7 Å². The largest absolute Gasteiger partial charge is 0.466 e. The first kappa shape index (κ1) is 7.32. The van der Waals surface area contributed by atoms with E-state index in [2.05, 4.69) is 6.58 Å². The van der Waals surface area contributed by atoms with E-state index in [0.717, 1.165) is 6.42 Å². The van der Waals surface area contributed by atoms with Crippen LogP contribution in [0.25, 0.3) is 0 Å². The van der Waals surface area contributed by atoms with Crippen molar-refractivity contribution in [2.24, 2.45) is 11.8 Å². The summed E-state index contributed by atoms with van der Waals surface area (Å²) in [6, 6.07) is 0. The van der Waals surface area contributed by atoms with Crippen LogP contribution in [0, 0.1) is 11.8 Å². The average Bonchev–Trinajstić information content (AvgIpc) is 2.61. The van der Waals surface area contributed by atoms with E-state index >= 15 is 0 Å². The van der Waals surface area contributed by atoms with Crippen molar-refractivity contribution in [3.8, 4) is 0 Å². The van der Waals surface area contributed by atoms with Crippen LogP contribution in [0.3, 0.4) is 0 Å². The molecule has 0 aromatic carbocycles. The molecule has 1 aliphatic rings. The molecule has 56 valence electrons. The Morgan fingerprint density at radius 3 is 3.00 bits per heavy atom. The molecular formula is C8H12O2. The van der Waals surface area contributed by atoms with Gasteiger partial charge in [0.2, 0.25) is 0 Å². The fraction of sp³-hybridized carbons (Fsp3) is 0.625. The number of ether oxygens (including phenoxy) is 1. The minimum atomic E-state index is -0.185. The molecule has 0 spiro atoms. The molecule has 0 aliphatic heterocycles. The van der Waals surface area contributed by atoms with Gasteiger partial charge in [-0.15, -0.1) is 6.58 Å². The highest BCUT2D eigenvalue weighted by Crippen LogP contribution is 2.39. The number of esters is 1. The molecule has 2 nitrogen and oxygen atoms in total. The maximum Gasteiger partial charge on any atom is 0.302 e. The Morgan fingerprint density at radius 2 is 2.60 bits per heavy atom. The summed E-state index contributed by atoms with van der Waals surface area (Å²) in [6.07, 6.45) is 3.06. The summed E-state index contributed by atoms with van der Waals surface area (Å²) >= 11 is 0. The average molecular weight is 140 g/mol. The molecule has 0 N–H and O–H groups in total. The van der Waals surface area contributed by atoms with E-state index in [1.54, 1.807) is 0 Å². The van der Waals surface area contributed by atoms with Crippen molar-refractivity contribution in [1.82, 2.24) is 0 Å². The van der Waals surface area contributed by atoms with E-state index < -0.39 is 0 Å². The lowest BCUT2D eigenvalue weighted by Gasteiger charge is -1.97. The van der Waals surface area contributed by atoms with E-state index in [1.165, 1.54) is 6.92 Å². The van der Waals surface area contributed by atoms with Crippen molar-refractivity contribution in [2.75, 3.05) is 6.61 Å². The van der Waals surface area contributed by atoms with Gasteiger partial charge in [0.25, 0.3) is 0 Å². The molecular weight excluding hydrogens is 128 g/mol. The van der Waals surface area contributed by atoms with Gasteiger partial charge in [-0.2, -0.15) is 0 Å². The smallest absolute Gasteiger partial charge is 0.302 e. The molecule has 0 heterocycles. The maximum absolute atomic E-state index is 10.3. The summed E-state index contributed by atoms with van der Waals surface area (Å²) < 4.78 is 4.81. The van der Waals surface area contributed by atoms with E-state index in [4.69, 9.17) is 4.74 Å². The Morgan fingerprint density at radius 1 is 1.90 bits per heavy atom. The maximum atomic E-state index is 10.3. The van der Waals surface area contributed by atoms with Gasteiger partial charge in [-0.1, -0.05) is 6.08 Å². The fourth-order valence-corrected chi connectivity index (χ4v) is 0.976. The number of carbonyl (C=O) groups excluding carboxylic acids is 1. The SMILES string of the molecule is C=CC1CC1COC(C)=O. The van der Waals surface area contributed by atoms with Gasteiger partial charge in [0, 0.05) is 6.92 Å². The summed E-state index contributed by atoms with van der Waals surface area (Å²) in [5.41, 5.74) is 0. The molecule has 1 rings (SSSR count). The minimum Gasteiger partial charge on any atom is -0.466 e. The van der Waals surface area contributed by atoms with Crippen LogP contribution in [-0.4, -0.2) is 12.6 Å². The van der Waals surface area contributed by atoms with Gasteiger partial charge in [-0.3, -0.25) is 4.79 Å². The van der Waals surface area contributed by atoms with E-state index in [-0.39, 0.29) is 5.97 Å². The van der Waals surface area contributed by atoms with Crippen molar-refractivity contribution in [2.45, 2.75) is 13.3 Å². The molecule has 0 aromatic heterocycles. The van der Waals surface area contributed by atoms with Gasteiger partial charge in [0.1, 0.15) is 0 Å². The van der Waals surface area contributed by atoms with E-state index in [0.29, 0.717) is 18.4 Å². The third-order valence-corrected chi connectivity index (χ3v) is 1.78. The molecule has 0 radical (unpaired) electrons. The number of hydrogen-bond acceptors (Lipinski definition) is 2. The molecule has 10 heavy (non-hydrogen) atoms. The van der Waals surface area contributed by atoms with Gasteiger partial charge >= 0.3 is 5.97 Å². The Bertz CT molecular complexity index is 151.